The SMILES string of the molecule is CC(=O)N1c2ccc(C3=C(N(N)CCO)CCCC=C3)cc2N(C(=O)Oc2ccc(F)cc2F)C[C@@H]1C. The number of allylic oxidation sites excluding steroid dienone is 4. The predicted molar refractivity (Wildman–Crippen MR) is 137 cm³/mol. The summed E-state index contributed by atoms with van der Waals surface area (Å²) in [7, 11) is 0. The number of halogens is 2. The van der Waals surface area contributed by atoms with Gasteiger partial charge < -0.3 is 19.8 Å². The Bertz CT molecular complexity index is 1260. The molecule has 1 atom stereocenters. The van der Waals surface area contributed by atoms with Crippen molar-refractivity contribution in [2.24, 2.45) is 5.84 Å². The maximum absolute atomic E-state index is 14.2. The van der Waals surface area contributed by atoms with Crippen LogP contribution < -0.4 is 20.4 Å². The minimum atomic E-state index is -0.997. The third kappa shape index (κ3) is 5.50. The molecular weight excluding hydrogens is 482 g/mol. The Kier molecular flexibility index (Phi) is 7.89. The number of aliphatic hydroxyl groups is 1. The van der Waals surface area contributed by atoms with E-state index in [1.807, 2.05) is 18.2 Å². The van der Waals surface area contributed by atoms with E-state index in [1.54, 1.807) is 24.0 Å². The molecule has 0 aromatic heterocycles. The Balaban J connectivity index is 1.80. The molecule has 0 unspecified atom stereocenters. The quantitative estimate of drug-likeness (QED) is 0.457. The Labute approximate surface area is 214 Å². The van der Waals surface area contributed by atoms with Crippen LogP contribution in [0.1, 0.15) is 38.7 Å². The molecule has 2 amide bonds. The molecule has 3 N–H and O–H groups in total. The summed E-state index contributed by atoms with van der Waals surface area (Å²) in [4.78, 5) is 28.7. The topological polar surface area (TPSA) is 99.3 Å². The summed E-state index contributed by atoms with van der Waals surface area (Å²) in [6, 6.07) is 7.72. The maximum atomic E-state index is 14.2. The number of carbonyl (C=O) groups is 2. The summed E-state index contributed by atoms with van der Waals surface area (Å²) >= 11 is 0. The first-order chi connectivity index (χ1) is 17.7. The van der Waals surface area contributed by atoms with Crippen LogP contribution in [0, 0.1) is 11.6 Å². The first kappa shape index (κ1) is 26.3. The molecular formula is C27H30F2N4O4. The van der Waals surface area contributed by atoms with Gasteiger partial charge in [0.25, 0.3) is 0 Å². The lowest BCUT2D eigenvalue weighted by atomic mass is 9.98. The molecule has 0 spiro atoms. The van der Waals surface area contributed by atoms with Gasteiger partial charge >= 0.3 is 6.09 Å². The highest BCUT2D eigenvalue weighted by Crippen LogP contribution is 2.40. The summed E-state index contributed by atoms with van der Waals surface area (Å²) in [5, 5.41) is 10.9. The van der Waals surface area contributed by atoms with Gasteiger partial charge in [-0.3, -0.25) is 9.69 Å². The molecule has 0 radical (unpaired) electrons. The molecule has 196 valence electrons. The zero-order chi connectivity index (χ0) is 26.7. The van der Waals surface area contributed by atoms with Gasteiger partial charge in [0.1, 0.15) is 5.82 Å². The molecule has 0 saturated heterocycles. The summed E-state index contributed by atoms with van der Waals surface area (Å²) in [6.07, 6.45) is 5.60. The van der Waals surface area contributed by atoms with Crippen molar-refractivity contribution in [1.29, 1.82) is 0 Å². The van der Waals surface area contributed by atoms with Crippen molar-refractivity contribution in [2.45, 2.75) is 39.2 Å². The molecule has 8 nitrogen and oxygen atoms in total. The fourth-order valence-electron chi connectivity index (χ4n) is 4.78. The minimum absolute atomic E-state index is 0.104. The van der Waals surface area contributed by atoms with E-state index in [9.17, 15) is 23.5 Å². The number of carbonyl (C=O) groups excluding carboxylic acids is 2. The van der Waals surface area contributed by atoms with Crippen molar-refractivity contribution in [3.05, 3.63) is 71.4 Å². The molecule has 1 aliphatic carbocycles. The fraction of sp³-hybridized carbons (Fsp3) is 0.333. The number of hydrogen-bond donors (Lipinski definition) is 2. The molecule has 1 heterocycles. The largest absolute Gasteiger partial charge is 0.419 e. The molecule has 37 heavy (non-hydrogen) atoms. The van der Waals surface area contributed by atoms with E-state index in [0.717, 1.165) is 41.8 Å². The number of nitrogens with two attached hydrogens (primary N) is 1. The zero-order valence-electron chi connectivity index (χ0n) is 20.8. The minimum Gasteiger partial charge on any atom is -0.407 e. The number of ether oxygens (including phenoxy) is 1. The Hall–Kier alpha value is -3.76. The van der Waals surface area contributed by atoms with E-state index in [0.29, 0.717) is 23.9 Å². The number of benzene rings is 2. The van der Waals surface area contributed by atoms with Crippen LogP contribution in [0.4, 0.5) is 25.0 Å². The normalized spacial score (nSPS) is 17.4. The lowest BCUT2D eigenvalue weighted by molar-refractivity contribution is -0.117. The summed E-state index contributed by atoms with van der Waals surface area (Å²) in [5.41, 5.74) is 3.35. The van der Waals surface area contributed by atoms with E-state index in [4.69, 9.17) is 10.6 Å². The third-order valence-electron chi connectivity index (χ3n) is 6.44. The van der Waals surface area contributed by atoms with Crippen LogP contribution in [0.25, 0.3) is 5.57 Å². The smallest absolute Gasteiger partial charge is 0.407 e. The second kappa shape index (κ2) is 11.1. The molecule has 2 aromatic carbocycles. The molecule has 2 aliphatic rings. The highest BCUT2D eigenvalue weighted by Gasteiger charge is 2.35. The van der Waals surface area contributed by atoms with Crippen molar-refractivity contribution >= 4 is 28.9 Å². The number of hydrazine groups is 1. The van der Waals surface area contributed by atoms with Gasteiger partial charge in [0.05, 0.1) is 30.6 Å². The average Bonchev–Trinajstić information content (AvgIpc) is 3.11. The van der Waals surface area contributed by atoms with Gasteiger partial charge in [-0.1, -0.05) is 18.2 Å². The highest BCUT2D eigenvalue weighted by molar-refractivity contribution is 6.03. The van der Waals surface area contributed by atoms with E-state index >= 15 is 0 Å². The number of fused-ring (bicyclic) bond motifs is 1. The van der Waals surface area contributed by atoms with Crippen LogP contribution in [-0.2, 0) is 4.79 Å². The summed E-state index contributed by atoms with van der Waals surface area (Å²) in [6.45, 7) is 3.51. The number of aliphatic hydroxyl groups excluding tert-OH is 1. The van der Waals surface area contributed by atoms with Crippen molar-refractivity contribution in [2.75, 3.05) is 29.5 Å². The number of nitrogens with zero attached hydrogens (tertiary/aromatic N) is 3. The lowest BCUT2D eigenvalue weighted by Gasteiger charge is -2.40. The van der Waals surface area contributed by atoms with Crippen LogP contribution in [0.3, 0.4) is 0 Å². The monoisotopic (exact) mass is 512 g/mol. The first-order valence-electron chi connectivity index (χ1n) is 12.1. The standard InChI is InChI=1S/C27H30F2N4O4/c1-17-16-31(27(36)37-26-11-9-20(28)15-22(26)29)25-14-19(8-10-24(25)33(17)18(2)35)21-6-4-3-5-7-23(21)32(30)12-13-34/h4,6,8-11,14-15,17,34H,3,5,7,12-13,16,30H2,1-2H3/t17-/m0/s1. The second-order valence-corrected chi connectivity index (χ2v) is 9.07. The number of amides is 2. The molecule has 2 aromatic rings. The van der Waals surface area contributed by atoms with Crippen molar-refractivity contribution in [3.8, 4) is 5.75 Å². The Morgan fingerprint density at radius 2 is 1.97 bits per heavy atom. The van der Waals surface area contributed by atoms with Gasteiger partial charge in [-0.15, -0.1) is 0 Å². The molecule has 10 heteroatoms. The van der Waals surface area contributed by atoms with Crippen molar-refractivity contribution in [1.82, 2.24) is 5.01 Å². The Morgan fingerprint density at radius 3 is 2.68 bits per heavy atom. The molecule has 0 fully saturated rings. The van der Waals surface area contributed by atoms with Crippen LogP contribution in [0.2, 0.25) is 0 Å². The maximum Gasteiger partial charge on any atom is 0.419 e. The van der Waals surface area contributed by atoms with Crippen molar-refractivity contribution < 1.29 is 28.2 Å². The van der Waals surface area contributed by atoms with Gasteiger partial charge in [0, 0.05) is 30.8 Å². The third-order valence-corrected chi connectivity index (χ3v) is 6.44. The van der Waals surface area contributed by atoms with Crippen LogP contribution in [-0.4, -0.2) is 47.9 Å². The van der Waals surface area contributed by atoms with Crippen LogP contribution in [0.15, 0.2) is 54.2 Å². The lowest BCUT2D eigenvalue weighted by Crippen LogP contribution is -2.52. The molecule has 0 saturated carbocycles. The fourth-order valence-corrected chi connectivity index (χ4v) is 4.78. The van der Waals surface area contributed by atoms with Crippen LogP contribution in [0.5, 0.6) is 5.75 Å². The number of hydrogen-bond acceptors (Lipinski definition) is 6. The number of anilines is 2. The highest BCUT2D eigenvalue weighted by atomic mass is 19.1. The van der Waals surface area contributed by atoms with Crippen LogP contribution >= 0.6 is 0 Å². The summed E-state index contributed by atoms with van der Waals surface area (Å²) in [5.74, 6) is 3.87. The predicted octanol–water partition coefficient (Wildman–Crippen LogP) is 4.34. The van der Waals surface area contributed by atoms with E-state index in [2.05, 4.69) is 0 Å². The zero-order valence-corrected chi connectivity index (χ0v) is 20.8. The van der Waals surface area contributed by atoms with E-state index in [-0.39, 0.29) is 31.6 Å². The average molecular weight is 513 g/mol. The summed E-state index contributed by atoms with van der Waals surface area (Å²) < 4.78 is 32.8. The number of rotatable bonds is 5. The van der Waals surface area contributed by atoms with Gasteiger partial charge in [0.15, 0.2) is 11.6 Å². The molecule has 1 aliphatic heterocycles. The van der Waals surface area contributed by atoms with Gasteiger partial charge in [-0.05, 0) is 56.0 Å². The van der Waals surface area contributed by atoms with E-state index < -0.39 is 23.5 Å². The van der Waals surface area contributed by atoms with Crippen molar-refractivity contribution in [3.63, 3.8) is 0 Å². The first-order valence-corrected chi connectivity index (χ1v) is 12.1. The van der Waals surface area contributed by atoms with Gasteiger partial charge in [-0.2, -0.15) is 0 Å². The second-order valence-electron chi connectivity index (χ2n) is 9.07. The van der Waals surface area contributed by atoms with E-state index in [1.165, 1.54) is 16.8 Å². The van der Waals surface area contributed by atoms with Gasteiger partial charge in [0.2, 0.25) is 5.91 Å². The molecule has 4 rings (SSSR count). The van der Waals surface area contributed by atoms with Gasteiger partial charge in [-0.25, -0.2) is 19.4 Å². The Morgan fingerprint density at radius 1 is 1.19 bits per heavy atom. The molecule has 0 bridgehead atoms.